The first-order valence-electron chi connectivity index (χ1n) is 14.0. The first-order valence-corrected chi connectivity index (χ1v) is 14.0. The summed E-state index contributed by atoms with van der Waals surface area (Å²) in [5.41, 5.74) is 5.23. The highest BCUT2D eigenvalue weighted by molar-refractivity contribution is 5.75. The van der Waals surface area contributed by atoms with Crippen molar-refractivity contribution < 1.29 is 23.8 Å². The zero-order valence-corrected chi connectivity index (χ0v) is 23.6. The molecule has 2 aliphatic rings. The highest BCUT2D eigenvalue weighted by Gasteiger charge is 2.41. The largest absolute Gasteiger partial charge is 0.497 e. The molecule has 5 rings (SSSR count). The van der Waals surface area contributed by atoms with Crippen LogP contribution in [0.2, 0.25) is 0 Å². The highest BCUT2D eigenvalue weighted by Crippen LogP contribution is 2.51. The summed E-state index contributed by atoms with van der Waals surface area (Å²) in [6, 6.07) is 17.2. The average Bonchev–Trinajstić information content (AvgIpc) is 3.50. The van der Waals surface area contributed by atoms with E-state index in [9.17, 15) is 9.90 Å². The summed E-state index contributed by atoms with van der Waals surface area (Å²) in [5.74, 6) is 0.623. The lowest BCUT2D eigenvalue weighted by atomic mass is 9.75. The number of carboxylic acid groups (broad SMARTS) is 1. The summed E-state index contributed by atoms with van der Waals surface area (Å²) < 4.78 is 26.8. The van der Waals surface area contributed by atoms with Crippen molar-refractivity contribution in [1.82, 2.24) is 0 Å². The van der Waals surface area contributed by atoms with Crippen molar-refractivity contribution in [2.45, 2.75) is 78.2 Å². The van der Waals surface area contributed by atoms with Crippen LogP contribution in [-0.2, 0) is 17.8 Å². The van der Waals surface area contributed by atoms with Crippen molar-refractivity contribution in [3.8, 4) is 22.6 Å². The molecule has 3 aromatic rings. The summed E-state index contributed by atoms with van der Waals surface area (Å²) >= 11 is 0. The molecule has 3 aromatic carbocycles. The molecule has 4 nitrogen and oxygen atoms in total. The predicted molar refractivity (Wildman–Crippen MR) is 152 cm³/mol. The molecule has 0 radical (unpaired) electrons. The molecule has 0 heterocycles. The van der Waals surface area contributed by atoms with Crippen LogP contribution in [0.1, 0.15) is 87.5 Å². The van der Waals surface area contributed by atoms with Crippen LogP contribution in [0.5, 0.6) is 11.5 Å². The van der Waals surface area contributed by atoms with Crippen LogP contribution in [0, 0.1) is 16.6 Å². The van der Waals surface area contributed by atoms with Crippen molar-refractivity contribution in [1.29, 1.82) is 0 Å². The molecule has 2 atom stereocenters. The van der Waals surface area contributed by atoms with Gasteiger partial charge < -0.3 is 14.6 Å². The van der Waals surface area contributed by atoms with E-state index in [1.54, 1.807) is 33.1 Å². The lowest BCUT2D eigenvalue weighted by Gasteiger charge is -2.30. The van der Waals surface area contributed by atoms with Gasteiger partial charge in [-0.25, -0.2) is 4.39 Å². The van der Waals surface area contributed by atoms with E-state index in [2.05, 4.69) is 26.0 Å². The number of carboxylic acids is 1. The van der Waals surface area contributed by atoms with E-state index in [1.807, 2.05) is 24.3 Å². The molecular formula is C34H39FO4. The number of aliphatic carboxylic acids is 1. The molecule has 1 saturated carbocycles. The molecule has 0 amide bonds. The molecule has 39 heavy (non-hydrogen) atoms. The quantitative estimate of drug-likeness (QED) is 0.317. The maximum atomic E-state index is 15.1. The van der Waals surface area contributed by atoms with E-state index in [0.29, 0.717) is 23.8 Å². The minimum absolute atomic E-state index is 0.0400. The number of benzene rings is 3. The van der Waals surface area contributed by atoms with E-state index in [4.69, 9.17) is 9.47 Å². The van der Waals surface area contributed by atoms with Crippen molar-refractivity contribution in [3.05, 3.63) is 82.7 Å². The van der Waals surface area contributed by atoms with Crippen LogP contribution in [0.15, 0.2) is 54.6 Å². The minimum atomic E-state index is -0.835. The van der Waals surface area contributed by atoms with Gasteiger partial charge >= 0.3 is 5.97 Å². The second-order valence-electron chi connectivity index (χ2n) is 12.5. The molecule has 0 unspecified atom stereocenters. The molecule has 0 spiro atoms. The lowest BCUT2D eigenvalue weighted by molar-refractivity contribution is -0.148. The standard InChI is InChI=1S/C34H39FO4/c1-33(2)16-6-7-29(33)27-17-21(8-13-25(27)28-18-23(38-5)12-15-31(28)35)20-39-24-11-9-22-10-14-30(26(22)19-24)34(3,4)32(36)37/h8-9,11-13,15,17-19,29-30H,6-7,10,14,16,20H2,1-5H3,(H,36,37)/t29-,30+/m0/s1. The number of aryl methyl sites for hydroxylation is 1. The van der Waals surface area contributed by atoms with Crippen LogP contribution in [-0.4, -0.2) is 18.2 Å². The van der Waals surface area contributed by atoms with E-state index in [-0.39, 0.29) is 17.2 Å². The van der Waals surface area contributed by atoms with Gasteiger partial charge in [-0.15, -0.1) is 0 Å². The van der Waals surface area contributed by atoms with E-state index in [0.717, 1.165) is 60.1 Å². The molecule has 1 fully saturated rings. The third-order valence-electron chi connectivity index (χ3n) is 9.24. The van der Waals surface area contributed by atoms with Gasteiger partial charge in [0.1, 0.15) is 23.9 Å². The fourth-order valence-electron chi connectivity index (χ4n) is 6.71. The molecule has 1 N–H and O–H groups in total. The van der Waals surface area contributed by atoms with Gasteiger partial charge in [-0.2, -0.15) is 0 Å². The number of ether oxygens (including phenoxy) is 2. The zero-order chi connectivity index (χ0) is 27.9. The van der Waals surface area contributed by atoms with Crippen LogP contribution in [0.4, 0.5) is 4.39 Å². The van der Waals surface area contributed by atoms with E-state index >= 15 is 4.39 Å². The van der Waals surface area contributed by atoms with E-state index < -0.39 is 11.4 Å². The van der Waals surface area contributed by atoms with Crippen molar-refractivity contribution >= 4 is 5.97 Å². The van der Waals surface area contributed by atoms with Crippen LogP contribution in [0.3, 0.4) is 0 Å². The molecule has 0 aromatic heterocycles. The minimum Gasteiger partial charge on any atom is -0.497 e. The molecule has 0 aliphatic heterocycles. The number of carbonyl (C=O) groups is 1. The third-order valence-corrected chi connectivity index (χ3v) is 9.24. The summed E-state index contributed by atoms with van der Waals surface area (Å²) in [7, 11) is 1.60. The Morgan fingerprint density at radius 1 is 1.00 bits per heavy atom. The topological polar surface area (TPSA) is 55.8 Å². The predicted octanol–water partition coefficient (Wildman–Crippen LogP) is 8.51. The Morgan fingerprint density at radius 2 is 1.77 bits per heavy atom. The van der Waals surface area contributed by atoms with Gasteiger partial charge in [-0.3, -0.25) is 4.79 Å². The molecule has 0 saturated heterocycles. The van der Waals surface area contributed by atoms with Gasteiger partial charge in [0.15, 0.2) is 0 Å². The second kappa shape index (κ2) is 10.3. The van der Waals surface area contributed by atoms with Gasteiger partial charge in [0, 0.05) is 11.5 Å². The number of hydrogen-bond donors (Lipinski definition) is 1. The molecule has 206 valence electrons. The zero-order valence-electron chi connectivity index (χ0n) is 23.6. The van der Waals surface area contributed by atoms with Crippen molar-refractivity contribution in [3.63, 3.8) is 0 Å². The normalized spacial score (nSPS) is 20.1. The van der Waals surface area contributed by atoms with Gasteiger partial charge in [0.05, 0.1) is 12.5 Å². The molecule has 0 bridgehead atoms. The Morgan fingerprint density at radius 3 is 2.46 bits per heavy atom. The number of methoxy groups -OCH3 is 1. The summed E-state index contributed by atoms with van der Waals surface area (Å²) in [4.78, 5) is 11.9. The number of halogens is 1. The Hall–Kier alpha value is -3.34. The number of rotatable bonds is 8. The maximum Gasteiger partial charge on any atom is 0.309 e. The van der Waals surface area contributed by atoms with Gasteiger partial charge in [-0.05, 0) is 109 Å². The Balaban J connectivity index is 1.45. The SMILES string of the molecule is COc1ccc(F)c(-c2ccc(COc3ccc4c(c3)[C@H](C(C)(C)C(=O)O)CC4)cc2[C@@H]2CCCC2(C)C)c1. The van der Waals surface area contributed by atoms with Crippen LogP contribution in [0.25, 0.3) is 11.1 Å². The molecule has 2 aliphatic carbocycles. The van der Waals surface area contributed by atoms with Gasteiger partial charge in [0.25, 0.3) is 0 Å². The number of hydrogen-bond acceptors (Lipinski definition) is 3. The molecular weight excluding hydrogens is 491 g/mol. The maximum absolute atomic E-state index is 15.1. The van der Waals surface area contributed by atoms with Gasteiger partial charge in [0.2, 0.25) is 0 Å². The monoisotopic (exact) mass is 530 g/mol. The Bertz CT molecular complexity index is 1390. The van der Waals surface area contributed by atoms with Crippen LogP contribution >= 0.6 is 0 Å². The van der Waals surface area contributed by atoms with E-state index in [1.165, 1.54) is 11.6 Å². The van der Waals surface area contributed by atoms with Gasteiger partial charge in [-0.1, -0.05) is 44.5 Å². The fourth-order valence-corrected chi connectivity index (χ4v) is 6.71. The lowest BCUT2D eigenvalue weighted by Crippen LogP contribution is -2.30. The average molecular weight is 531 g/mol. The Labute approximate surface area is 231 Å². The fraction of sp³-hybridized carbons (Fsp3) is 0.441. The third kappa shape index (κ3) is 5.16. The van der Waals surface area contributed by atoms with Crippen molar-refractivity contribution in [2.75, 3.05) is 7.11 Å². The summed E-state index contributed by atoms with van der Waals surface area (Å²) in [6.45, 7) is 8.60. The molecule has 5 heteroatoms. The first kappa shape index (κ1) is 27.2. The smallest absolute Gasteiger partial charge is 0.309 e. The Kier molecular flexibility index (Phi) is 7.21. The first-order chi connectivity index (χ1) is 18.5. The van der Waals surface area contributed by atoms with Crippen molar-refractivity contribution in [2.24, 2.45) is 10.8 Å². The second-order valence-corrected chi connectivity index (χ2v) is 12.5. The van der Waals surface area contributed by atoms with Crippen LogP contribution < -0.4 is 9.47 Å². The summed E-state index contributed by atoms with van der Waals surface area (Å²) in [5, 5.41) is 9.79. The number of fused-ring (bicyclic) bond motifs is 1. The summed E-state index contributed by atoms with van der Waals surface area (Å²) in [6.07, 6.45) is 5.09. The highest BCUT2D eigenvalue weighted by atomic mass is 19.1.